The minimum absolute atomic E-state index is 0.0196. The molecule has 1 aliphatic rings. The van der Waals surface area contributed by atoms with Gasteiger partial charge >= 0.3 is 0 Å². The van der Waals surface area contributed by atoms with Crippen molar-refractivity contribution < 1.29 is 8.42 Å². The number of hydrogen-bond acceptors (Lipinski definition) is 2. The zero-order valence-electron chi connectivity index (χ0n) is 9.63. The second kappa shape index (κ2) is 4.18. The highest BCUT2D eigenvalue weighted by atomic mass is 32.2. The van der Waals surface area contributed by atoms with Crippen molar-refractivity contribution in [2.24, 2.45) is 0 Å². The van der Waals surface area contributed by atoms with Crippen LogP contribution in [0.1, 0.15) is 31.4 Å². The van der Waals surface area contributed by atoms with Gasteiger partial charge in [-0.2, -0.15) is 4.31 Å². The summed E-state index contributed by atoms with van der Waals surface area (Å²) in [4.78, 5) is 0. The molecule has 0 N–H and O–H groups in total. The van der Waals surface area contributed by atoms with E-state index in [2.05, 4.69) is 0 Å². The Morgan fingerprint density at radius 2 is 1.81 bits per heavy atom. The zero-order chi connectivity index (χ0) is 11.8. The van der Waals surface area contributed by atoms with Crippen molar-refractivity contribution in [1.29, 1.82) is 0 Å². The van der Waals surface area contributed by atoms with E-state index in [9.17, 15) is 8.42 Å². The average molecular weight is 239 g/mol. The molecule has 16 heavy (non-hydrogen) atoms. The molecule has 2 atom stereocenters. The monoisotopic (exact) mass is 239 g/mol. The van der Waals surface area contributed by atoms with E-state index in [4.69, 9.17) is 0 Å². The van der Waals surface area contributed by atoms with Gasteiger partial charge in [-0.1, -0.05) is 30.3 Å². The summed E-state index contributed by atoms with van der Waals surface area (Å²) in [5, 5.41) is 0. The van der Waals surface area contributed by atoms with Crippen molar-refractivity contribution in [3.63, 3.8) is 0 Å². The van der Waals surface area contributed by atoms with Crippen LogP contribution in [0.25, 0.3) is 0 Å². The van der Waals surface area contributed by atoms with Crippen LogP contribution in [-0.4, -0.2) is 25.0 Å². The van der Waals surface area contributed by atoms with Crippen LogP contribution < -0.4 is 0 Å². The minimum atomic E-state index is -3.12. The molecule has 1 saturated heterocycles. The Kier molecular flexibility index (Phi) is 3.04. The van der Waals surface area contributed by atoms with Crippen LogP contribution in [-0.2, 0) is 10.0 Å². The van der Waals surface area contributed by atoms with Gasteiger partial charge in [0, 0.05) is 6.04 Å². The van der Waals surface area contributed by atoms with E-state index in [-0.39, 0.29) is 12.1 Å². The number of benzene rings is 1. The maximum absolute atomic E-state index is 11.8. The average Bonchev–Trinajstić information content (AvgIpc) is 2.61. The smallest absolute Gasteiger partial charge is 0.212 e. The Labute approximate surface area is 97.1 Å². The molecule has 0 bridgehead atoms. The van der Waals surface area contributed by atoms with E-state index in [1.54, 1.807) is 4.31 Å². The molecule has 0 aliphatic carbocycles. The Hall–Kier alpha value is -0.870. The minimum Gasteiger partial charge on any atom is -0.212 e. The lowest BCUT2D eigenvalue weighted by Gasteiger charge is -2.26. The molecule has 3 nitrogen and oxygen atoms in total. The largest absolute Gasteiger partial charge is 0.212 e. The number of hydrogen-bond donors (Lipinski definition) is 0. The lowest BCUT2D eigenvalue weighted by molar-refractivity contribution is 0.343. The molecule has 0 radical (unpaired) electrons. The standard InChI is InChI=1S/C12H17NO2S/c1-10-8-9-12(13(10)16(2,14)15)11-6-4-3-5-7-11/h3-7,10,12H,8-9H2,1-2H3/t10-,12-/m1/s1. The first-order chi connectivity index (χ1) is 7.50. The van der Waals surface area contributed by atoms with Crippen LogP contribution in [0.5, 0.6) is 0 Å². The first-order valence-corrected chi connectivity index (χ1v) is 7.38. The number of nitrogens with zero attached hydrogens (tertiary/aromatic N) is 1. The van der Waals surface area contributed by atoms with Crippen molar-refractivity contribution in [2.45, 2.75) is 31.8 Å². The van der Waals surface area contributed by atoms with Gasteiger partial charge in [-0.25, -0.2) is 8.42 Å². The van der Waals surface area contributed by atoms with Crippen LogP contribution in [0.4, 0.5) is 0 Å². The van der Waals surface area contributed by atoms with Crippen molar-refractivity contribution in [1.82, 2.24) is 4.31 Å². The van der Waals surface area contributed by atoms with Gasteiger partial charge in [0.25, 0.3) is 0 Å². The summed E-state index contributed by atoms with van der Waals surface area (Å²) in [6, 6.07) is 10.00. The molecule has 0 amide bonds. The van der Waals surface area contributed by atoms with Crippen LogP contribution >= 0.6 is 0 Å². The molecule has 1 fully saturated rings. The lowest BCUT2D eigenvalue weighted by atomic mass is 10.1. The van der Waals surface area contributed by atoms with Gasteiger partial charge in [0.1, 0.15) is 0 Å². The van der Waals surface area contributed by atoms with Crippen LogP contribution in [0.2, 0.25) is 0 Å². The summed E-state index contributed by atoms with van der Waals surface area (Å²) < 4.78 is 25.1. The summed E-state index contributed by atoms with van der Waals surface area (Å²) in [6.07, 6.45) is 3.15. The van der Waals surface area contributed by atoms with E-state index < -0.39 is 10.0 Å². The second-order valence-corrected chi connectivity index (χ2v) is 6.33. The molecule has 1 aromatic carbocycles. The normalized spacial score (nSPS) is 27.1. The summed E-state index contributed by atoms with van der Waals surface area (Å²) >= 11 is 0. The van der Waals surface area contributed by atoms with Gasteiger partial charge in [0.2, 0.25) is 10.0 Å². The highest BCUT2D eigenvalue weighted by Gasteiger charge is 2.37. The first kappa shape index (κ1) is 11.6. The molecule has 0 saturated carbocycles. The molecule has 4 heteroatoms. The zero-order valence-corrected chi connectivity index (χ0v) is 10.4. The Morgan fingerprint density at radius 3 is 2.38 bits per heavy atom. The molecule has 2 rings (SSSR count). The molecule has 0 spiro atoms. The fraction of sp³-hybridized carbons (Fsp3) is 0.500. The molecular weight excluding hydrogens is 222 g/mol. The van der Waals surface area contributed by atoms with E-state index in [0.29, 0.717) is 0 Å². The molecule has 88 valence electrons. The van der Waals surface area contributed by atoms with Crippen LogP contribution in [0.15, 0.2) is 30.3 Å². The van der Waals surface area contributed by atoms with Gasteiger partial charge in [0.05, 0.1) is 12.3 Å². The van der Waals surface area contributed by atoms with Crippen LogP contribution in [0.3, 0.4) is 0 Å². The predicted molar refractivity (Wildman–Crippen MR) is 64.6 cm³/mol. The van der Waals surface area contributed by atoms with E-state index in [1.807, 2.05) is 37.3 Å². The second-order valence-electron chi connectivity index (χ2n) is 4.45. The third kappa shape index (κ3) is 2.13. The van der Waals surface area contributed by atoms with Crippen molar-refractivity contribution in [3.8, 4) is 0 Å². The Balaban J connectivity index is 2.36. The third-order valence-electron chi connectivity index (χ3n) is 3.17. The topological polar surface area (TPSA) is 37.4 Å². The number of rotatable bonds is 2. The van der Waals surface area contributed by atoms with E-state index >= 15 is 0 Å². The predicted octanol–water partition coefficient (Wildman–Crippen LogP) is 2.17. The fourth-order valence-corrected chi connectivity index (χ4v) is 3.96. The van der Waals surface area contributed by atoms with Gasteiger partial charge in [-0.05, 0) is 25.3 Å². The third-order valence-corrected chi connectivity index (χ3v) is 4.55. The SMILES string of the molecule is C[C@@H]1CC[C@H](c2ccccc2)N1S(C)(=O)=O. The van der Waals surface area contributed by atoms with Crippen LogP contribution in [0, 0.1) is 0 Å². The molecule has 0 aromatic heterocycles. The van der Waals surface area contributed by atoms with Gasteiger partial charge in [-0.15, -0.1) is 0 Å². The molecule has 1 heterocycles. The highest BCUT2D eigenvalue weighted by Crippen LogP contribution is 2.37. The van der Waals surface area contributed by atoms with E-state index in [1.165, 1.54) is 6.26 Å². The summed E-state index contributed by atoms with van der Waals surface area (Å²) in [7, 11) is -3.12. The van der Waals surface area contributed by atoms with Gasteiger partial charge in [-0.3, -0.25) is 0 Å². The first-order valence-electron chi connectivity index (χ1n) is 5.53. The maximum atomic E-state index is 11.8. The fourth-order valence-electron chi connectivity index (χ4n) is 2.51. The van der Waals surface area contributed by atoms with Crippen molar-refractivity contribution in [2.75, 3.05) is 6.26 Å². The number of sulfonamides is 1. The molecular formula is C12H17NO2S. The van der Waals surface area contributed by atoms with Gasteiger partial charge < -0.3 is 0 Å². The van der Waals surface area contributed by atoms with Crippen molar-refractivity contribution >= 4 is 10.0 Å². The highest BCUT2D eigenvalue weighted by molar-refractivity contribution is 7.88. The molecule has 1 aliphatic heterocycles. The van der Waals surface area contributed by atoms with Gasteiger partial charge in [0.15, 0.2) is 0 Å². The lowest BCUT2D eigenvalue weighted by Crippen LogP contribution is -2.34. The molecule has 0 unspecified atom stereocenters. The maximum Gasteiger partial charge on any atom is 0.212 e. The molecule has 1 aromatic rings. The van der Waals surface area contributed by atoms with Crippen molar-refractivity contribution in [3.05, 3.63) is 35.9 Å². The summed E-state index contributed by atoms with van der Waals surface area (Å²) in [5.41, 5.74) is 1.09. The summed E-state index contributed by atoms with van der Waals surface area (Å²) in [6.45, 7) is 1.98. The van der Waals surface area contributed by atoms with E-state index in [0.717, 1.165) is 18.4 Å². The Morgan fingerprint density at radius 1 is 1.19 bits per heavy atom. The quantitative estimate of drug-likeness (QED) is 0.793. The Bertz CT molecular complexity index is 455. The summed E-state index contributed by atoms with van der Waals surface area (Å²) in [5.74, 6) is 0.